The van der Waals surface area contributed by atoms with Gasteiger partial charge in [-0.05, 0) is 23.5 Å². The van der Waals surface area contributed by atoms with Crippen LogP contribution in [0.2, 0.25) is 0 Å². The molecule has 1 aromatic heterocycles. The number of nitrogens with one attached hydrogen (secondary N) is 2. The first-order valence-electron chi connectivity index (χ1n) is 5.97. The summed E-state index contributed by atoms with van der Waals surface area (Å²) in [5, 5.41) is 0. The molecule has 0 aliphatic rings. The third-order valence-electron chi connectivity index (χ3n) is 2.73. The van der Waals surface area contributed by atoms with Gasteiger partial charge in [-0.2, -0.15) is 0 Å². The average molecular weight is 244 g/mol. The monoisotopic (exact) mass is 244 g/mol. The van der Waals surface area contributed by atoms with E-state index in [0.717, 1.165) is 12.0 Å². The van der Waals surface area contributed by atoms with Crippen LogP contribution in [0.15, 0.2) is 40.1 Å². The normalized spacial score (nSPS) is 10.8. The number of benzene rings is 1. The maximum Gasteiger partial charge on any atom is 0.325 e. The molecule has 0 atom stereocenters. The van der Waals surface area contributed by atoms with Crippen molar-refractivity contribution in [3.63, 3.8) is 0 Å². The largest absolute Gasteiger partial charge is 0.325 e. The lowest BCUT2D eigenvalue weighted by Crippen LogP contribution is -2.22. The van der Waals surface area contributed by atoms with Gasteiger partial charge in [0.05, 0.1) is 5.56 Å². The molecule has 0 bridgehead atoms. The number of aromatic amines is 2. The van der Waals surface area contributed by atoms with E-state index in [1.165, 1.54) is 11.8 Å². The molecule has 0 fully saturated rings. The van der Waals surface area contributed by atoms with Crippen molar-refractivity contribution in [2.75, 3.05) is 0 Å². The van der Waals surface area contributed by atoms with E-state index in [9.17, 15) is 9.59 Å². The highest BCUT2D eigenvalue weighted by molar-refractivity contribution is 5.61. The molecule has 0 spiro atoms. The van der Waals surface area contributed by atoms with Gasteiger partial charge in [0, 0.05) is 6.20 Å². The minimum atomic E-state index is -0.486. The van der Waals surface area contributed by atoms with E-state index < -0.39 is 5.69 Å². The number of hydrogen-bond donors (Lipinski definition) is 2. The number of H-pyrrole nitrogens is 2. The van der Waals surface area contributed by atoms with Gasteiger partial charge in [0.25, 0.3) is 5.56 Å². The van der Waals surface area contributed by atoms with Crippen molar-refractivity contribution in [2.45, 2.75) is 20.3 Å². The van der Waals surface area contributed by atoms with Crippen LogP contribution >= 0.6 is 0 Å². The molecule has 0 saturated carbocycles. The summed E-state index contributed by atoms with van der Waals surface area (Å²) >= 11 is 0. The Morgan fingerprint density at radius 1 is 1.11 bits per heavy atom. The second-order valence-electron chi connectivity index (χ2n) is 4.78. The minimum Gasteiger partial charge on any atom is -0.313 e. The van der Waals surface area contributed by atoms with E-state index in [0.29, 0.717) is 11.5 Å². The summed E-state index contributed by atoms with van der Waals surface area (Å²) in [5.41, 5.74) is 1.68. The Hall–Kier alpha value is -2.10. The zero-order valence-electron chi connectivity index (χ0n) is 10.5. The molecule has 2 rings (SSSR count). The van der Waals surface area contributed by atoms with Gasteiger partial charge in [0.15, 0.2) is 0 Å². The fourth-order valence-electron chi connectivity index (χ4n) is 1.92. The van der Waals surface area contributed by atoms with E-state index in [1.54, 1.807) is 0 Å². The van der Waals surface area contributed by atoms with Crippen LogP contribution in [0.1, 0.15) is 19.4 Å². The van der Waals surface area contributed by atoms with Crippen molar-refractivity contribution in [2.24, 2.45) is 5.92 Å². The molecule has 2 N–H and O–H groups in total. The summed E-state index contributed by atoms with van der Waals surface area (Å²) in [6.45, 7) is 4.33. The van der Waals surface area contributed by atoms with Crippen molar-refractivity contribution < 1.29 is 0 Å². The maximum absolute atomic E-state index is 11.6. The third kappa shape index (κ3) is 2.77. The molecule has 0 aliphatic carbocycles. The maximum atomic E-state index is 11.6. The summed E-state index contributed by atoms with van der Waals surface area (Å²) in [4.78, 5) is 27.3. The van der Waals surface area contributed by atoms with Crippen molar-refractivity contribution >= 4 is 0 Å². The van der Waals surface area contributed by atoms with Gasteiger partial charge in [-0.15, -0.1) is 0 Å². The SMILES string of the molecule is CC(C)Cc1ccc(-c2c[nH]c(=O)[nH]c2=O)cc1. The Bertz CT molecular complexity index is 636. The van der Waals surface area contributed by atoms with Crippen LogP contribution in [0.5, 0.6) is 0 Å². The van der Waals surface area contributed by atoms with Gasteiger partial charge in [-0.1, -0.05) is 38.1 Å². The Morgan fingerprint density at radius 2 is 1.78 bits per heavy atom. The molecular weight excluding hydrogens is 228 g/mol. The highest BCUT2D eigenvalue weighted by Gasteiger charge is 2.04. The lowest BCUT2D eigenvalue weighted by molar-refractivity contribution is 0.647. The number of rotatable bonds is 3. The highest BCUT2D eigenvalue weighted by atomic mass is 16.2. The Morgan fingerprint density at radius 3 is 2.33 bits per heavy atom. The van der Waals surface area contributed by atoms with Crippen LogP contribution in [-0.2, 0) is 6.42 Å². The first kappa shape index (κ1) is 12.4. The average Bonchev–Trinajstić information content (AvgIpc) is 2.30. The summed E-state index contributed by atoms with van der Waals surface area (Å²) in [7, 11) is 0. The van der Waals surface area contributed by atoms with Gasteiger partial charge >= 0.3 is 5.69 Å². The summed E-state index contributed by atoms with van der Waals surface area (Å²) < 4.78 is 0. The fourth-order valence-corrected chi connectivity index (χ4v) is 1.92. The minimum absolute atomic E-state index is 0.365. The van der Waals surface area contributed by atoms with Gasteiger partial charge in [0.2, 0.25) is 0 Å². The van der Waals surface area contributed by atoms with Crippen molar-refractivity contribution in [1.82, 2.24) is 9.97 Å². The molecule has 94 valence electrons. The van der Waals surface area contributed by atoms with Crippen LogP contribution < -0.4 is 11.2 Å². The molecule has 1 heterocycles. The van der Waals surface area contributed by atoms with E-state index in [4.69, 9.17) is 0 Å². The van der Waals surface area contributed by atoms with Gasteiger partial charge in [-0.25, -0.2) is 4.79 Å². The third-order valence-corrected chi connectivity index (χ3v) is 2.73. The summed E-state index contributed by atoms with van der Waals surface area (Å²) in [6.07, 6.45) is 2.46. The molecule has 4 heteroatoms. The first-order valence-corrected chi connectivity index (χ1v) is 5.97. The molecule has 1 aromatic carbocycles. The molecule has 0 aliphatic heterocycles. The lowest BCUT2D eigenvalue weighted by atomic mass is 10.0. The van der Waals surface area contributed by atoms with Crippen molar-refractivity contribution in [1.29, 1.82) is 0 Å². The number of hydrogen-bond acceptors (Lipinski definition) is 2. The zero-order valence-corrected chi connectivity index (χ0v) is 10.5. The van der Waals surface area contributed by atoms with Crippen LogP contribution in [0.3, 0.4) is 0 Å². The molecule has 0 radical (unpaired) electrons. The van der Waals surface area contributed by atoms with Crippen molar-refractivity contribution in [3.05, 3.63) is 56.9 Å². The van der Waals surface area contributed by atoms with Crippen molar-refractivity contribution in [3.8, 4) is 11.1 Å². The topological polar surface area (TPSA) is 65.7 Å². The smallest absolute Gasteiger partial charge is 0.313 e. The molecule has 0 unspecified atom stereocenters. The lowest BCUT2D eigenvalue weighted by Gasteiger charge is -2.06. The van der Waals surface area contributed by atoms with Crippen LogP contribution in [0.4, 0.5) is 0 Å². The van der Waals surface area contributed by atoms with E-state index in [1.807, 2.05) is 24.3 Å². The quantitative estimate of drug-likeness (QED) is 0.866. The van der Waals surface area contributed by atoms with Gasteiger partial charge in [-0.3, -0.25) is 9.78 Å². The Labute approximate surface area is 105 Å². The molecular formula is C14H16N2O2. The highest BCUT2D eigenvalue weighted by Crippen LogP contribution is 2.16. The first-order chi connectivity index (χ1) is 8.56. The standard InChI is InChI=1S/C14H16N2O2/c1-9(2)7-10-3-5-11(6-4-10)12-8-15-14(18)16-13(12)17/h3-6,8-9H,7H2,1-2H3,(H2,15,16,17,18). The van der Waals surface area contributed by atoms with Gasteiger partial charge in [0.1, 0.15) is 0 Å². The Balaban J connectivity index is 2.34. The van der Waals surface area contributed by atoms with E-state index in [2.05, 4.69) is 23.8 Å². The predicted octanol–water partition coefficient (Wildman–Crippen LogP) is 1.93. The fraction of sp³-hybridized carbons (Fsp3) is 0.286. The van der Waals surface area contributed by atoms with E-state index >= 15 is 0 Å². The molecule has 18 heavy (non-hydrogen) atoms. The van der Waals surface area contributed by atoms with Crippen LogP contribution in [0.25, 0.3) is 11.1 Å². The summed E-state index contributed by atoms with van der Waals surface area (Å²) in [5.74, 6) is 0.604. The Kier molecular flexibility index (Phi) is 3.46. The van der Waals surface area contributed by atoms with E-state index in [-0.39, 0.29) is 5.56 Å². The number of aromatic nitrogens is 2. The molecule has 0 amide bonds. The molecule has 4 nitrogen and oxygen atoms in total. The zero-order chi connectivity index (χ0) is 13.1. The van der Waals surface area contributed by atoms with Crippen LogP contribution in [0, 0.1) is 5.92 Å². The summed E-state index contributed by atoms with van der Waals surface area (Å²) in [6, 6.07) is 7.83. The van der Waals surface area contributed by atoms with Gasteiger partial charge < -0.3 is 4.98 Å². The predicted molar refractivity (Wildman–Crippen MR) is 71.7 cm³/mol. The second-order valence-corrected chi connectivity index (χ2v) is 4.78. The van der Waals surface area contributed by atoms with Crippen LogP contribution in [-0.4, -0.2) is 9.97 Å². The second kappa shape index (κ2) is 5.04. The molecule has 2 aromatic rings. The molecule has 0 saturated heterocycles.